The van der Waals surface area contributed by atoms with Crippen LogP contribution in [0.15, 0.2) is 24.3 Å². The summed E-state index contributed by atoms with van der Waals surface area (Å²) in [6.45, 7) is 2.88. The number of hydrogen-bond acceptors (Lipinski definition) is 5. The molecule has 20 heavy (non-hydrogen) atoms. The largest absolute Gasteiger partial charge is 0.462 e. The molecule has 0 aliphatic rings. The van der Waals surface area contributed by atoms with Gasteiger partial charge in [-0.15, -0.1) is 0 Å². The fraction of sp³-hybridized carbons (Fsp3) is 0.429. The fourth-order valence-electron chi connectivity index (χ4n) is 1.45. The number of thioether (sulfide) groups is 1. The summed E-state index contributed by atoms with van der Waals surface area (Å²) in [5.74, 6) is 0.612. The van der Waals surface area contributed by atoms with Crippen molar-refractivity contribution < 1.29 is 14.3 Å². The number of carbonyl (C=O) groups is 2. The highest BCUT2D eigenvalue weighted by Gasteiger charge is 2.08. The molecule has 110 valence electrons. The minimum Gasteiger partial charge on any atom is -0.462 e. The first-order valence-electron chi connectivity index (χ1n) is 6.52. The predicted molar refractivity (Wildman–Crippen MR) is 82.0 cm³/mol. The van der Waals surface area contributed by atoms with Crippen molar-refractivity contribution in [2.24, 2.45) is 5.73 Å². The molecule has 0 aliphatic carbocycles. The van der Waals surface area contributed by atoms with E-state index in [2.05, 4.69) is 5.32 Å². The van der Waals surface area contributed by atoms with E-state index in [9.17, 15) is 9.59 Å². The van der Waals surface area contributed by atoms with Gasteiger partial charge in [-0.3, -0.25) is 4.79 Å². The quantitative estimate of drug-likeness (QED) is 0.565. The second-order valence-electron chi connectivity index (χ2n) is 4.11. The number of esters is 1. The molecule has 5 nitrogen and oxygen atoms in total. The Morgan fingerprint density at radius 3 is 2.90 bits per heavy atom. The van der Waals surface area contributed by atoms with Crippen molar-refractivity contribution in [3.05, 3.63) is 29.8 Å². The van der Waals surface area contributed by atoms with E-state index in [4.69, 9.17) is 10.5 Å². The molecule has 1 rings (SSSR count). The Kier molecular flexibility index (Phi) is 7.75. The monoisotopic (exact) mass is 296 g/mol. The Morgan fingerprint density at radius 1 is 1.40 bits per heavy atom. The van der Waals surface area contributed by atoms with Crippen LogP contribution in [0.5, 0.6) is 0 Å². The molecule has 0 saturated heterocycles. The Labute approximate surface area is 123 Å². The van der Waals surface area contributed by atoms with Crippen LogP contribution in [0.25, 0.3) is 0 Å². The third kappa shape index (κ3) is 6.08. The number of nitrogens with two attached hydrogens (primary N) is 1. The van der Waals surface area contributed by atoms with Crippen molar-refractivity contribution >= 4 is 29.3 Å². The van der Waals surface area contributed by atoms with Gasteiger partial charge in [-0.25, -0.2) is 4.79 Å². The second-order valence-corrected chi connectivity index (χ2v) is 5.21. The van der Waals surface area contributed by atoms with Crippen LogP contribution in [0, 0.1) is 0 Å². The van der Waals surface area contributed by atoms with Crippen LogP contribution in [-0.2, 0) is 9.53 Å². The van der Waals surface area contributed by atoms with Crippen LogP contribution in [0.2, 0.25) is 0 Å². The summed E-state index contributed by atoms with van der Waals surface area (Å²) in [7, 11) is 0. The molecule has 1 aromatic carbocycles. The molecule has 3 N–H and O–H groups in total. The zero-order chi connectivity index (χ0) is 14.8. The van der Waals surface area contributed by atoms with E-state index in [1.54, 1.807) is 24.3 Å². The first-order chi connectivity index (χ1) is 9.67. The topological polar surface area (TPSA) is 81.4 Å². The number of carbonyl (C=O) groups excluding carboxylic acids is 2. The number of nitrogens with one attached hydrogen (secondary N) is 1. The molecule has 0 aromatic heterocycles. The van der Waals surface area contributed by atoms with Gasteiger partial charge in [-0.05, 0) is 24.6 Å². The molecule has 0 heterocycles. The number of hydrogen-bond donors (Lipinski definition) is 2. The number of anilines is 1. The van der Waals surface area contributed by atoms with Gasteiger partial charge in [0.1, 0.15) is 0 Å². The zero-order valence-corrected chi connectivity index (χ0v) is 12.4. The van der Waals surface area contributed by atoms with Crippen molar-refractivity contribution in [1.82, 2.24) is 0 Å². The van der Waals surface area contributed by atoms with Gasteiger partial charge in [0.05, 0.1) is 17.9 Å². The van der Waals surface area contributed by atoms with Gasteiger partial charge in [0.15, 0.2) is 0 Å². The highest BCUT2D eigenvalue weighted by Crippen LogP contribution is 2.12. The van der Waals surface area contributed by atoms with Crippen LogP contribution in [0.3, 0.4) is 0 Å². The van der Waals surface area contributed by atoms with Crippen LogP contribution < -0.4 is 11.1 Å². The Bertz CT molecular complexity index is 452. The van der Waals surface area contributed by atoms with E-state index < -0.39 is 0 Å². The van der Waals surface area contributed by atoms with Crippen LogP contribution in [0.1, 0.15) is 23.7 Å². The van der Waals surface area contributed by atoms with Gasteiger partial charge in [-0.2, -0.15) is 11.8 Å². The molecular weight excluding hydrogens is 276 g/mol. The zero-order valence-electron chi connectivity index (χ0n) is 11.6. The summed E-state index contributed by atoms with van der Waals surface area (Å²) in [5, 5.41) is 2.74. The maximum atomic E-state index is 11.7. The summed E-state index contributed by atoms with van der Waals surface area (Å²) in [5.41, 5.74) is 6.38. The Morgan fingerprint density at radius 2 is 2.20 bits per heavy atom. The van der Waals surface area contributed by atoms with Crippen molar-refractivity contribution in [2.75, 3.05) is 30.0 Å². The van der Waals surface area contributed by atoms with Crippen LogP contribution in [0.4, 0.5) is 5.69 Å². The van der Waals surface area contributed by atoms with Gasteiger partial charge in [0.25, 0.3) is 0 Å². The van der Waals surface area contributed by atoms with Crippen molar-refractivity contribution in [1.29, 1.82) is 0 Å². The number of benzene rings is 1. The molecule has 0 bridgehead atoms. The van der Waals surface area contributed by atoms with E-state index in [1.807, 2.05) is 6.92 Å². The average molecular weight is 296 g/mol. The van der Waals surface area contributed by atoms with E-state index in [0.717, 1.165) is 12.2 Å². The Balaban J connectivity index is 2.54. The van der Waals surface area contributed by atoms with Crippen LogP contribution in [-0.4, -0.2) is 36.5 Å². The van der Waals surface area contributed by atoms with E-state index in [1.165, 1.54) is 11.8 Å². The lowest BCUT2D eigenvalue weighted by Crippen LogP contribution is -2.16. The molecule has 0 atom stereocenters. The summed E-state index contributed by atoms with van der Waals surface area (Å²) >= 11 is 1.47. The number of ether oxygens (including phenoxy) is 1. The molecule has 1 aromatic rings. The highest BCUT2D eigenvalue weighted by atomic mass is 32.2. The van der Waals surface area contributed by atoms with Crippen molar-refractivity contribution in [3.63, 3.8) is 0 Å². The van der Waals surface area contributed by atoms with Gasteiger partial charge >= 0.3 is 5.97 Å². The van der Waals surface area contributed by atoms with Gasteiger partial charge in [0.2, 0.25) is 5.91 Å². The van der Waals surface area contributed by atoms with E-state index in [-0.39, 0.29) is 11.9 Å². The lowest BCUT2D eigenvalue weighted by molar-refractivity contribution is -0.113. The molecule has 1 amide bonds. The average Bonchev–Trinajstić information content (AvgIpc) is 2.45. The SMILES string of the molecule is CCCOC(=O)c1cccc(NC(=O)CSCCN)c1. The highest BCUT2D eigenvalue weighted by molar-refractivity contribution is 7.99. The third-order valence-corrected chi connectivity index (χ3v) is 3.31. The summed E-state index contributed by atoms with van der Waals surface area (Å²) < 4.78 is 5.05. The van der Waals surface area contributed by atoms with E-state index in [0.29, 0.717) is 30.2 Å². The maximum absolute atomic E-state index is 11.7. The molecule has 6 heteroatoms. The lowest BCUT2D eigenvalue weighted by Gasteiger charge is -2.07. The number of amides is 1. The summed E-state index contributed by atoms with van der Waals surface area (Å²) in [6.07, 6.45) is 0.778. The summed E-state index contributed by atoms with van der Waals surface area (Å²) in [6, 6.07) is 6.73. The van der Waals surface area contributed by atoms with Gasteiger partial charge < -0.3 is 15.8 Å². The van der Waals surface area contributed by atoms with Crippen molar-refractivity contribution in [3.8, 4) is 0 Å². The van der Waals surface area contributed by atoms with Crippen molar-refractivity contribution in [2.45, 2.75) is 13.3 Å². The molecule has 0 spiro atoms. The predicted octanol–water partition coefficient (Wildman–Crippen LogP) is 1.88. The first-order valence-corrected chi connectivity index (χ1v) is 7.67. The minimum atomic E-state index is -0.375. The fourth-order valence-corrected chi connectivity index (χ4v) is 2.02. The molecule has 0 aliphatic heterocycles. The molecule has 0 saturated carbocycles. The van der Waals surface area contributed by atoms with Crippen LogP contribution >= 0.6 is 11.8 Å². The molecular formula is C14H20N2O3S. The molecule has 0 radical (unpaired) electrons. The summed E-state index contributed by atoms with van der Waals surface area (Å²) in [4.78, 5) is 23.4. The smallest absolute Gasteiger partial charge is 0.338 e. The standard InChI is InChI=1S/C14H20N2O3S/c1-2-7-19-14(18)11-4-3-5-12(9-11)16-13(17)10-20-8-6-15/h3-5,9H,2,6-8,10,15H2,1H3,(H,16,17). The normalized spacial score (nSPS) is 10.1. The third-order valence-electron chi connectivity index (χ3n) is 2.31. The second kappa shape index (κ2) is 9.39. The van der Waals surface area contributed by atoms with Gasteiger partial charge in [0, 0.05) is 18.0 Å². The number of rotatable bonds is 8. The molecule has 0 fully saturated rings. The first kappa shape index (κ1) is 16.5. The minimum absolute atomic E-state index is 0.109. The van der Waals surface area contributed by atoms with Gasteiger partial charge in [-0.1, -0.05) is 13.0 Å². The Hall–Kier alpha value is -1.53. The molecule has 0 unspecified atom stereocenters. The lowest BCUT2D eigenvalue weighted by atomic mass is 10.2. The maximum Gasteiger partial charge on any atom is 0.338 e. The van der Waals surface area contributed by atoms with E-state index >= 15 is 0 Å².